The van der Waals surface area contributed by atoms with Crippen LogP contribution in [-0.4, -0.2) is 34.9 Å². The molecule has 2 aromatic carbocycles. The number of benzene rings is 2. The number of anilines is 1. The topological polar surface area (TPSA) is 94.5 Å². The van der Waals surface area contributed by atoms with Crippen molar-refractivity contribution in [3.05, 3.63) is 76.4 Å². The number of nitrogen functional groups attached to an aromatic ring is 1. The van der Waals surface area contributed by atoms with Crippen LogP contribution in [0.25, 0.3) is 11.1 Å². The number of hydrogen-bond donors (Lipinski definition) is 2. The van der Waals surface area contributed by atoms with Crippen LogP contribution >= 0.6 is 11.6 Å². The second-order valence-corrected chi connectivity index (χ2v) is 7.97. The summed E-state index contributed by atoms with van der Waals surface area (Å²) >= 11 is 5.85. The van der Waals surface area contributed by atoms with Crippen molar-refractivity contribution in [2.75, 3.05) is 18.8 Å². The molecule has 0 aliphatic carbocycles. The van der Waals surface area contributed by atoms with Crippen molar-refractivity contribution in [3.8, 4) is 16.9 Å². The van der Waals surface area contributed by atoms with Crippen LogP contribution in [0, 0.1) is 11.6 Å². The van der Waals surface area contributed by atoms with E-state index in [-0.39, 0.29) is 40.7 Å². The molecule has 0 radical (unpaired) electrons. The lowest BCUT2D eigenvalue weighted by Gasteiger charge is -2.16. The SMILES string of the molecule is Nc1ncc(-c2ccc(C(=O)N3CC[C@@H](N)C3)cc2)cc1OCc1c(F)ccc(F)c1Cl. The second-order valence-electron chi connectivity index (χ2n) is 7.60. The van der Waals surface area contributed by atoms with Crippen LogP contribution in [0.4, 0.5) is 14.6 Å². The van der Waals surface area contributed by atoms with E-state index in [0.29, 0.717) is 24.2 Å². The van der Waals surface area contributed by atoms with E-state index < -0.39 is 11.6 Å². The van der Waals surface area contributed by atoms with Crippen LogP contribution in [0.3, 0.4) is 0 Å². The molecule has 2 heterocycles. The summed E-state index contributed by atoms with van der Waals surface area (Å²) in [6, 6.07) is 10.7. The van der Waals surface area contributed by atoms with Gasteiger partial charge in [-0.15, -0.1) is 0 Å². The molecule has 166 valence electrons. The molecule has 1 aromatic heterocycles. The molecule has 9 heteroatoms. The molecule has 0 unspecified atom stereocenters. The Morgan fingerprint density at radius 2 is 1.88 bits per heavy atom. The fraction of sp³-hybridized carbons (Fsp3) is 0.217. The fourth-order valence-electron chi connectivity index (χ4n) is 3.54. The molecule has 1 atom stereocenters. The van der Waals surface area contributed by atoms with Gasteiger partial charge in [0.1, 0.15) is 18.2 Å². The predicted octanol–water partition coefficient (Wildman–Crippen LogP) is 4.01. The summed E-state index contributed by atoms with van der Waals surface area (Å²) in [5.41, 5.74) is 13.7. The molecule has 1 aliphatic rings. The van der Waals surface area contributed by atoms with E-state index in [2.05, 4.69) is 4.98 Å². The summed E-state index contributed by atoms with van der Waals surface area (Å²) in [5, 5.41) is -0.341. The molecule has 1 aliphatic heterocycles. The van der Waals surface area contributed by atoms with Crippen molar-refractivity contribution in [2.24, 2.45) is 5.73 Å². The molecular weight excluding hydrogens is 438 g/mol. The minimum atomic E-state index is -0.739. The Bertz CT molecular complexity index is 1160. The van der Waals surface area contributed by atoms with Gasteiger partial charge in [-0.3, -0.25) is 4.79 Å². The molecule has 32 heavy (non-hydrogen) atoms. The maximum Gasteiger partial charge on any atom is 0.253 e. The van der Waals surface area contributed by atoms with Crippen molar-refractivity contribution in [1.29, 1.82) is 0 Å². The molecule has 0 saturated carbocycles. The number of nitrogens with zero attached hydrogens (tertiary/aromatic N) is 2. The van der Waals surface area contributed by atoms with Gasteiger partial charge in [0.2, 0.25) is 0 Å². The highest BCUT2D eigenvalue weighted by molar-refractivity contribution is 6.31. The van der Waals surface area contributed by atoms with Gasteiger partial charge < -0.3 is 21.1 Å². The van der Waals surface area contributed by atoms with Crippen LogP contribution in [0.15, 0.2) is 48.7 Å². The van der Waals surface area contributed by atoms with Gasteiger partial charge in [0, 0.05) is 42.0 Å². The second kappa shape index (κ2) is 9.10. The summed E-state index contributed by atoms with van der Waals surface area (Å²) in [7, 11) is 0. The van der Waals surface area contributed by atoms with Crippen LogP contribution in [0.5, 0.6) is 5.75 Å². The standard InChI is InChI=1S/C23H21ClF2N4O2/c24-21-17(18(25)5-6-19(21)26)12-32-20-9-15(10-29-22(20)28)13-1-3-14(4-2-13)23(31)30-8-7-16(27)11-30/h1-6,9-10,16H,7-8,11-12,27H2,(H2,28,29)/t16-/m1/s1. The molecule has 0 spiro atoms. The van der Waals surface area contributed by atoms with Crippen molar-refractivity contribution >= 4 is 23.3 Å². The van der Waals surface area contributed by atoms with Crippen LogP contribution < -0.4 is 16.2 Å². The number of halogens is 3. The number of aromatic nitrogens is 1. The molecule has 1 saturated heterocycles. The van der Waals surface area contributed by atoms with Crippen molar-refractivity contribution in [2.45, 2.75) is 19.1 Å². The fourth-order valence-corrected chi connectivity index (χ4v) is 3.75. The van der Waals surface area contributed by atoms with E-state index in [1.165, 1.54) is 0 Å². The van der Waals surface area contributed by atoms with Crippen molar-refractivity contribution in [1.82, 2.24) is 9.88 Å². The monoisotopic (exact) mass is 458 g/mol. The number of nitrogens with two attached hydrogens (primary N) is 2. The van der Waals surface area contributed by atoms with Crippen LogP contribution in [0.2, 0.25) is 5.02 Å². The van der Waals surface area contributed by atoms with Gasteiger partial charge in [-0.1, -0.05) is 23.7 Å². The summed E-state index contributed by atoms with van der Waals surface area (Å²) in [4.78, 5) is 18.5. The third kappa shape index (κ3) is 4.51. The first-order valence-electron chi connectivity index (χ1n) is 9.99. The first kappa shape index (κ1) is 22.0. The summed E-state index contributed by atoms with van der Waals surface area (Å²) in [6.45, 7) is 0.891. The first-order chi connectivity index (χ1) is 15.3. The number of hydrogen-bond acceptors (Lipinski definition) is 5. The van der Waals surface area contributed by atoms with Gasteiger partial charge >= 0.3 is 0 Å². The van der Waals surface area contributed by atoms with Gasteiger partial charge in [0.05, 0.1) is 5.02 Å². The average Bonchev–Trinajstić information content (AvgIpc) is 3.23. The molecule has 1 fully saturated rings. The van der Waals surface area contributed by atoms with Gasteiger partial charge in [0.25, 0.3) is 5.91 Å². The Hall–Kier alpha value is -3.23. The first-order valence-corrected chi connectivity index (χ1v) is 10.4. The average molecular weight is 459 g/mol. The lowest BCUT2D eigenvalue weighted by Crippen LogP contribution is -2.31. The Morgan fingerprint density at radius 1 is 1.16 bits per heavy atom. The van der Waals surface area contributed by atoms with Gasteiger partial charge in [-0.05, 0) is 42.3 Å². The zero-order chi connectivity index (χ0) is 22.8. The van der Waals surface area contributed by atoms with E-state index in [9.17, 15) is 13.6 Å². The van der Waals surface area contributed by atoms with E-state index >= 15 is 0 Å². The highest BCUT2D eigenvalue weighted by atomic mass is 35.5. The van der Waals surface area contributed by atoms with Crippen LogP contribution in [0.1, 0.15) is 22.3 Å². The van der Waals surface area contributed by atoms with Gasteiger partial charge in [-0.2, -0.15) is 0 Å². The van der Waals surface area contributed by atoms with E-state index in [1.54, 1.807) is 41.4 Å². The van der Waals surface area contributed by atoms with E-state index in [1.807, 2.05) is 0 Å². The van der Waals surface area contributed by atoms with Gasteiger partial charge in [0.15, 0.2) is 11.6 Å². The molecule has 6 nitrogen and oxygen atoms in total. The predicted molar refractivity (Wildman–Crippen MR) is 118 cm³/mol. The van der Waals surface area contributed by atoms with E-state index in [0.717, 1.165) is 24.1 Å². The zero-order valence-electron chi connectivity index (χ0n) is 17.0. The summed E-state index contributed by atoms with van der Waals surface area (Å²) in [5.74, 6) is -1.18. The lowest BCUT2D eigenvalue weighted by atomic mass is 10.0. The van der Waals surface area contributed by atoms with Crippen LogP contribution in [-0.2, 0) is 6.61 Å². The largest absolute Gasteiger partial charge is 0.485 e. The summed E-state index contributed by atoms with van der Waals surface area (Å²) in [6.07, 6.45) is 2.36. The number of ether oxygens (including phenoxy) is 1. The lowest BCUT2D eigenvalue weighted by molar-refractivity contribution is 0.0791. The van der Waals surface area contributed by atoms with Crippen molar-refractivity contribution in [3.63, 3.8) is 0 Å². The molecule has 1 amide bonds. The number of rotatable bonds is 5. The Labute approximate surface area is 188 Å². The molecule has 0 bridgehead atoms. The zero-order valence-corrected chi connectivity index (χ0v) is 17.8. The van der Waals surface area contributed by atoms with Gasteiger partial charge in [-0.25, -0.2) is 13.8 Å². The Balaban J connectivity index is 1.51. The minimum absolute atomic E-state index is 0.0215. The third-order valence-electron chi connectivity index (χ3n) is 5.37. The number of pyridine rings is 1. The third-order valence-corrected chi connectivity index (χ3v) is 5.78. The minimum Gasteiger partial charge on any atom is -0.485 e. The number of amides is 1. The highest BCUT2D eigenvalue weighted by Gasteiger charge is 2.24. The Kier molecular flexibility index (Phi) is 6.25. The summed E-state index contributed by atoms with van der Waals surface area (Å²) < 4.78 is 33.2. The molecule has 3 aromatic rings. The normalized spacial score (nSPS) is 15.8. The smallest absolute Gasteiger partial charge is 0.253 e. The maximum atomic E-state index is 14.0. The Morgan fingerprint density at radius 3 is 2.56 bits per heavy atom. The molecular formula is C23H21ClF2N4O2. The van der Waals surface area contributed by atoms with E-state index in [4.69, 9.17) is 27.8 Å². The number of carbonyl (C=O) groups excluding carboxylic acids is 1. The number of likely N-dealkylation sites (tertiary alicyclic amines) is 1. The number of carbonyl (C=O) groups is 1. The molecule has 4 rings (SSSR count). The van der Waals surface area contributed by atoms with Crippen molar-refractivity contribution < 1.29 is 18.3 Å². The molecule has 4 N–H and O–H groups in total. The maximum absolute atomic E-state index is 14.0. The quantitative estimate of drug-likeness (QED) is 0.563. The highest BCUT2D eigenvalue weighted by Crippen LogP contribution is 2.30.